The van der Waals surface area contributed by atoms with Gasteiger partial charge in [-0.2, -0.15) is 4.98 Å². The summed E-state index contributed by atoms with van der Waals surface area (Å²) in [6.45, 7) is 8.77. The number of aromatic nitrogens is 2. The van der Waals surface area contributed by atoms with Crippen LogP contribution in [0.4, 0.5) is 5.69 Å². The topological polar surface area (TPSA) is 66.5 Å². The monoisotopic (exact) mass is 509 g/mol. The molecule has 0 unspecified atom stereocenters. The number of fused-ring (bicyclic) bond motifs is 2. The van der Waals surface area contributed by atoms with Gasteiger partial charge in [0.1, 0.15) is 0 Å². The summed E-state index contributed by atoms with van der Waals surface area (Å²) in [7, 11) is 0. The summed E-state index contributed by atoms with van der Waals surface area (Å²) in [5.41, 5.74) is 3.10. The van der Waals surface area contributed by atoms with Gasteiger partial charge in [0.15, 0.2) is 11.8 Å². The lowest BCUT2D eigenvalue weighted by Gasteiger charge is -2.26. The fourth-order valence-corrected chi connectivity index (χ4v) is 4.56. The second-order valence-corrected chi connectivity index (χ2v) is 8.28. The predicted molar refractivity (Wildman–Crippen MR) is 127 cm³/mol. The second-order valence-electron chi connectivity index (χ2n) is 8.28. The van der Waals surface area contributed by atoms with Gasteiger partial charge in [0.05, 0.1) is 6.54 Å². The van der Waals surface area contributed by atoms with Gasteiger partial charge in [-0.05, 0) is 31.4 Å². The van der Waals surface area contributed by atoms with Gasteiger partial charge in [0.25, 0.3) is 0 Å². The van der Waals surface area contributed by atoms with Crippen LogP contribution < -0.4 is 10.2 Å². The number of para-hydroxylation sites is 1. The van der Waals surface area contributed by atoms with Crippen molar-refractivity contribution in [1.29, 1.82) is 0 Å². The number of rotatable bonds is 5. The highest BCUT2D eigenvalue weighted by atomic mass is 127. The summed E-state index contributed by atoms with van der Waals surface area (Å²) >= 11 is 0. The van der Waals surface area contributed by atoms with E-state index in [9.17, 15) is 0 Å². The Labute approximate surface area is 190 Å². The standard InChI is InChI=1S/C22H31N5O.HI/c1-4-23-21(24-14-11-19-25-20(16(2)3)26-28-19)27-15-22(12-7-8-13-22)17-9-5-6-10-18(17)27;/h5-6,9-10,16H,4,7-8,11-15H2,1-3H3,(H,23,24);1H. The summed E-state index contributed by atoms with van der Waals surface area (Å²) in [4.78, 5) is 11.8. The Balaban J connectivity index is 0.00000240. The third-order valence-electron chi connectivity index (χ3n) is 5.97. The molecule has 0 amide bonds. The van der Waals surface area contributed by atoms with Crippen LogP contribution in [0.25, 0.3) is 0 Å². The molecule has 0 bridgehead atoms. The zero-order valence-corrected chi connectivity index (χ0v) is 20.0. The Morgan fingerprint density at radius 2 is 2.03 bits per heavy atom. The number of guanidine groups is 1. The Morgan fingerprint density at radius 1 is 1.28 bits per heavy atom. The van der Waals surface area contributed by atoms with Crippen molar-refractivity contribution in [3.8, 4) is 0 Å². The van der Waals surface area contributed by atoms with E-state index >= 15 is 0 Å². The molecule has 6 nitrogen and oxygen atoms in total. The van der Waals surface area contributed by atoms with E-state index < -0.39 is 0 Å². The second kappa shape index (κ2) is 9.45. The smallest absolute Gasteiger partial charge is 0.228 e. The molecule has 1 spiro atoms. The highest BCUT2D eigenvalue weighted by Crippen LogP contribution is 2.50. The Kier molecular flexibility index (Phi) is 7.19. The largest absolute Gasteiger partial charge is 0.356 e. The van der Waals surface area contributed by atoms with Crippen LogP contribution in [0.3, 0.4) is 0 Å². The SMILES string of the molecule is CCNC(=NCCc1nc(C(C)C)no1)N1CC2(CCCC2)c2ccccc21.I. The maximum atomic E-state index is 5.36. The van der Waals surface area contributed by atoms with Crippen LogP contribution in [0.15, 0.2) is 33.8 Å². The van der Waals surface area contributed by atoms with Crippen LogP contribution in [-0.4, -0.2) is 35.7 Å². The Bertz CT molecular complexity index is 841. The van der Waals surface area contributed by atoms with Gasteiger partial charge in [-0.3, -0.25) is 4.99 Å². The number of hydrogen-bond acceptors (Lipinski definition) is 4. The van der Waals surface area contributed by atoms with Gasteiger partial charge >= 0.3 is 0 Å². The van der Waals surface area contributed by atoms with Crippen molar-refractivity contribution in [3.63, 3.8) is 0 Å². The molecular weight excluding hydrogens is 477 g/mol. The number of benzene rings is 1. The van der Waals surface area contributed by atoms with Gasteiger partial charge in [-0.25, -0.2) is 0 Å². The Hall–Kier alpha value is -1.64. The molecule has 1 fully saturated rings. The van der Waals surface area contributed by atoms with Crippen molar-refractivity contribution in [2.75, 3.05) is 24.5 Å². The normalized spacial score (nSPS) is 17.7. The molecule has 2 heterocycles. The predicted octanol–water partition coefficient (Wildman–Crippen LogP) is 4.65. The highest BCUT2D eigenvalue weighted by molar-refractivity contribution is 14.0. The van der Waals surface area contributed by atoms with E-state index in [0.29, 0.717) is 24.3 Å². The maximum absolute atomic E-state index is 5.36. The molecule has 2 aliphatic rings. The molecule has 1 aromatic heterocycles. The molecule has 0 radical (unpaired) electrons. The lowest BCUT2D eigenvalue weighted by molar-refractivity contribution is 0.372. The van der Waals surface area contributed by atoms with E-state index in [2.05, 4.69) is 65.4 Å². The lowest BCUT2D eigenvalue weighted by atomic mass is 9.81. The third kappa shape index (κ3) is 4.44. The molecular formula is C22H32IN5O. The molecule has 1 aliphatic heterocycles. The first-order valence-electron chi connectivity index (χ1n) is 10.6. The third-order valence-corrected chi connectivity index (χ3v) is 5.97. The van der Waals surface area contributed by atoms with Crippen molar-refractivity contribution < 1.29 is 4.52 Å². The molecule has 1 aromatic carbocycles. The molecule has 0 saturated heterocycles. The number of nitrogens with zero attached hydrogens (tertiary/aromatic N) is 4. The zero-order valence-electron chi connectivity index (χ0n) is 17.6. The van der Waals surface area contributed by atoms with Crippen LogP contribution in [0, 0.1) is 0 Å². The van der Waals surface area contributed by atoms with Crippen LogP contribution in [0.5, 0.6) is 0 Å². The number of anilines is 1. The van der Waals surface area contributed by atoms with Crippen molar-refractivity contribution in [2.45, 2.75) is 64.2 Å². The van der Waals surface area contributed by atoms with E-state index in [-0.39, 0.29) is 29.9 Å². The minimum Gasteiger partial charge on any atom is -0.356 e. The van der Waals surface area contributed by atoms with Gasteiger partial charge in [-0.1, -0.05) is 50.0 Å². The van der Waals surface area contributed by atoms with E-state index in [1.54, 1.807) is 0 Å². The molecule has 0 atom stereocenters. The summed E-state index contributed by atoms with van der Waals surface area (Å²) in [5, 5.41) is 7.54. The first-order chi connectivity index (χ1) is 13.6. The minimum atomic E-state index is 0. The van der Waals surface area contributed by atoms with E-state index in [4.69, 9.17) is 9.52 Å². The summed E-state index contributed by atoms with van der Waals surface area (Å²) in [6.07, 6.45) is 5.87. The highest BCUT2D eigenvalue weighted by Gasteiger charge is 2.45. The fraction of sp³-hybridized carbons (Fsp3) is 0.591. The molecule has 29 heavy (non-hydrogen) atoms. The number of halogens is 1. The van der Waals surface area contributed by atoms with E-state index in [1.807, 2.05) is 0 Å². The first kappa shape index (κ1) is 22.1. The Morgan fingerprint density at radius 3 is 2.72 bits per heavy atom. The molecule has 1 N–H and O–H groups in total. The first-order valence-corrected chi connectivity index (χ1v) is 10.6. The molecule has 7 heteroatoms. The minimum absolute atomic E-state index is 0. The van der Waals surface area contributed by atoms with Crippen molar-refractivity contribution in [1.82, 2.24) is 15.5 Å². The average Bonchev–Trinajstić information content (AvgIpc) is 3.42. The van der Waals surface area contributed by atoms with Crippen molar-refractivity contribution in [3.05, 3.63) is 41.5 Å². The van der Waals surface area contributed by atoms with Crippen molar-refractivity contribution >= 4 is 35.6 Å². The molecule has 2 aromatic rings. The average molecular weight is 509 g/mol. The summed E-state index contributed by atoms with van der Waals surface area (Å²) in [6, 6.07) is 8.86. The number of aliphatic imine (C=N–C) groups is 1. The van der Waals surface area contributed by atoms with Gasteiger partial charge in [0.2, 0.25) is 5.89 Å². The van der Waals surface area contributed by atoms with Crippen LogP contribution in [0.2, 0.25) is 0 Å². The number of nitrogens with one attached hydrogen (secondary N) is 1. The summed E-state index contributed by atoms with van der Waals surface area (Å²) in [5.74, 6) is 2.67. The van der Waals surface area contributed by atoms with E-state index in [0.717, 1.165) is 24.9 Å². The molecule has 1 saturated carbocycles. The molecule has 4 rings (SSSR count). The van der Waals surface area contributed by atoms with Crippen LogP contribution in [-0.2, 0) is 11.8 Å². The van der Waals surface area contributed by atoms with Gasteiger partial charge in [-0.15, -0.1) is 24.0 Å². The maximum Gasteiger partial charge on any atom is 0.228 e. The number of hydrogen-bond donors (Lipinski definition) is 1. The van der Waals surface area contributed by atoms with Crippen LogP contribution in [0.1, 0.15) is 69.7 Å². The quantitative estimate of drug-likeness (QED) is 0.361. The van der Waals surface area contributed by atoms with Crippen LogP contribution >= 0.6 is 24.0 Å². The van der Waals surface area contributed by atoms with Gasteiger partial charge in [0, 0.05) is 36.5 Å². The van der Waals surface area contributed by atoms with Gasteiger partial charge < -0.3 is 14.7 Å². The molecule has 1 aliphatic carbocycles. The van der Waals surface area contributed by atoms with E-state index in [1.165, 1.54) is 36.9 Å². The molecule has 158 valence electrons. The fourth-order valence-electron chi connectivity index (χ4n) is 4.56. The summed E-state index contributed by atoms with van der Waals surface area (Å²) < 4.78 is 5.36. The zero-order chi connectivity index (χ0) is 19.6. The lowest BCUT2D eigenvalue weighted by Crippen LogP contribution is -2.43. The van der Waals surface area contributed by atoms with Crippen molar-refractivity contribution in [2.24, 2.45) is 4.99 Å².